The number of rotatable bonds is 6. The lowest BCUT2D eigenvalue weighted by Gasteiger charge is -2.15. The van der Waals surface area contributed by atoms with Crippen molar-refractivity contribution >= 4 is 11.8 Å². The van der Waals surface area contributed by atoms with E-state index in [1.807, 2.05) is 12.2 Å². The molecule has 0 amide bonds. The number of allylic oxidation sites excluding steroid dienone is 9. The third kappa shape index (κ3) is 4.84. The fourth-order valence-electron chi connectivity index (χ4n) is 1.98. The number of carboxylic acid groups (broad SMARTS) is 1. The predicted molar refractivity (Wildman–Crippen MR) is 80.3 cm³/mol. The monoisotopic (exact) mass is 272 g/mol. The van der Waals surface area contributed by atoms with Crippen molar-refractivity contribution < 1.29 is 14.7 Å². The molecule has 1 aliphatic rings. The molecule has 0 aromatic carbocycles. The third-order valence-corrected chi connectivity index (χ3v) is 3.09. The SMILES string of the molecule is C=C/C(=C\C=C(/C)CC(=O)C(=O)O)C1=CC=C[C@@H](C)C1. The zero-order chi connectivity index (χ0) is 15.1. The van der Waals surface area contributed by atoms with Gasteiger partial charge < -0.3 is 5.11 Å². The maximum Gasteiger partial charge on any atom is 0.372 e. The lowest BCUT2D eigenvalue weighted by atomic mass is 9.90. The minimum Gasteiger partial charge on any atom is -0.475 e. The molecular formula is C17H20O3. The number of hydrogen-bond acceptors (Lipinski definition) is 2. The van der Waals surface area contributed by atoms with Crippen LogP contribution in [0.4, 0.5) is 0 Å². The molecule has 0 bridgehead atoms. The summed E-state index contributed by atoms with van der Waals surface area (Å²) >= 11 is 0. The zero-order valence-corrected chi connectivity index (χ0v) is 11.9. The molecule has 1 aliphatic carbocycles. The maximum absolute atomic E-state index is 11.1. The highest BCUT2D eigenvalue weighted by molar-refractivity contribution is 6.33. The highest BCUT2D eigenvalue weighted by Gasteiger charge is 2.11. The average molecular weight is 272 g/mol. The number of hydrogen-bond donors (Lipinski definition) is 1. The Balaban J connectivity index is 2.82. The highest BCUT2D eigenvalue weighted by atomic mass is 16.4. The topological polar surface area (TPSA) is 54.4 Å². The van der Waals surface area contributed by atoms with Gasteiger partial charge in [0.05, 0.1) is 0 Å². The minimum absolute atomic E-state index is 0.0639. The summed E-state index contributed by atoms with van der Waals surface area (Å²) in [5, 5.41) is 8.56. The quantitative estimate of drug-likeness (QED) is 0.593. The predicted octanol–water partition coefficient (Wildman–Crippen LogP) is 3.61. The summed E-state index contributed by atoms with van der Waals surface area (Å²) in [5.74, 6) is -1.68. The third-order valence-electron chi connectivity index (χ3n) is 3.09. The molecule has 20 heavy (non-hydrogen) atoms. The number of ketones is 1. The molecule has 0 aliphatic heterocycles. The van der Waals surface area contributed by atoms with Gasteiger partial charge in [0.15, 0.2) is 0 Å². The molecule has 0 heterocycles. The Morgan fingerprint density at radius 1 is 1.45 bits per heavy atom. The van der Waals surface area contributed by atoms with Crippen LogP contribution in [0.15, 0.2) is 59.8 Å². The first-order chi connectivity index (χ1) is 9.43. The van der Waals surface area contributed by atoms with Gasteiger partial charge in [0.25, 0.3) is 0 Å². The Kier molecular flexibility index (Phi) is 5.91. The van der Waals surface area contributed by atoms with Crippen molar-refractivity contribution in [1.82, 2.24) is 0 Å². The van der Waals surface area contributed by atoms with Crippen molar-refractivity contribution in [2.24, 2.45) is 5.92 Å². The average Bonchev–Trinajstić information content (AvgIpc) is 2.39. The van der Waals surface area contributed by atoms with Crippen LogP contribution >= 0.6 is 0 Å². The lowest BCUT2D eigenvalue weighted by Crippen LogP contribution is -2.12. The van der Waals surface area contributed by atoms with Crippen molar-refractivity contribution in [1.29, 1.82) is 0 Å². The van der Waals surface area contributed by atoms with Crippen LogP contribution in [-0.2, 0) is 9.59 Å². The van der Waals surface area contributed by atoms with Crippen molar-refractivity contribution in [3.63, 3.8) is 0 Å². The standard InChI is InChI=1S/C17H20O3/c1-4-14(15-7-5-6-12(2)10-15)9-8-13(3)11-16(18)17(19)20/h4-9,12H,1,10-11H2,2-3H3,(H,19,20)/b13-8+,14-9+/t12-/m1/s1. The van der Waals surface area contributed by atoms with Crippen molar-refractivity contribution in [3.05, 3.63) is 59.8 Å². The van der Waals surface area contributed by atoms with Crippen LogP contribution in [0.1, 0.15) is 26.7 Å². The van der Waals surface area contributed by atoms with Crippen LogP contribution in [0.5, 0.6) is 0 Å². The fourth-order valence-corrected chi connectivity index (χ4v) is 1.98. The molecule has 0 saturated heterocycles. The van der Waals surface area contributed by atoms with E-state index in [0.717, 1.165) is 17.6 Å². The van der Waals surface area contributed by atoms with E-state index in [-0.39, 0.29) is 6.42 Å². The molecule has 3 heteroatoms. The van der Waals surface area contributed by atoms with Crippen LogP contribution in [0, 0.1) is 5.92 Å². The summed E-state index contributed by atoms with van der Waals surface area (Å²) in [6.45, 7) is 7.70. The van der Waals surface area contributed by atoms with E-state index in [9.17, 15) is 9.59 Å². The fraction of sp³-hybridized carbons (Fsp3) is 0.294. The molecule has 0 aromatic rings. The minimum atomic E-state index is -1.39. The van der Waals surface area contributed by atoms with Gasteiger partial charge in [-0.25, -0.2) is 4.79 Å². The zero-order valence-electron chi connectivity index (χ0n) is 11.9. The number of carbonyl (C=O) groups is 2. The first-order valence-corrected chi connectivity index (χ1v) is 6.57. The van der Waals surface area contributed by atoms with Gasteiger partial charge in [0.2, 0.25) is 5.78 Å². The molecule has 0 saturated carbocycles. The molecule has 3 nitrogen and oxygen atoms in total. The summed E-state index contributed by atoms with van der Waals surface area (Å²) in [7, 11) is 0. The van der Waals surface area contributed by atoms with Crippen molar-refractivity contribution in [2.45, 2.75) is 26.7 Å². The second kappa shape index (κ2) is 7.43. The summed E-state index contributed by atoms with van der Waals surface area (Å²) in [5.41, 5.74) is 2.92. The molecule has 1 N–H and O–H groups in total. The van der Waals surface area contributed by atoms with Gasteiger partial charge in [-0.2, -0.15) is 0 Å². The normalized spacial score (nSPS) is 19.5. The molecule has 0 fully saturated rings. The van der Waals surface area contributed by atoms with E-state index in [1.54, 1.807) is 19.1 Å². The van der Waals surface area contributed by atoms with Crippen LogP contribution < -0.4 is 0 Å². The van der Waals surface area contributed by atoms with Crippen LogP contribution in [0.2, 0.25) is 0 Å². The van der Waals surface area contributed by atoms with Crippen molar-refractivity contribution in [2.75, 3.05) is 0 Å². The molecule has 0 aromatic heterocycles. The molecule has 1 atom stereocenters. The molecule has 106 valence electrons. The van der Waals surface area contributed by atoms with Gasteiger partial charge >= 0.3 is 5.97 Å². The van der Waals surface area contributed by atoms with E-state index in [1.165, 1.54) is 5.57 Å². The largest absolute Gasteiger partial charge is 0.475 e. The number of carbonyl (C=O) groups excluding carboxylic acids is 1. The van der Waals surface area contributed by atoms with Crippen LogP contribution in [0.3, 0.4) is 0 Å². The van der Waals surface area contributed by atoms with Gasteiger partial charge in [0.1, 0.15) is 0 Å². The maximum atomic E-state index is 11.1. The summed E-state index contributed by atoms with van der Waals surface area (Å²) in [6, 6.07) is 0. The second-order valence-corrected chi connectivity index (χ2v) is 5.00. The number of Topliss-reactive ketones (excluding diaryl/α,β-unsaturated/α-hetero) is 1. The van der Waals surface area contributed by atoms with E-state index < -0.39 is 11.8 Å². The van der Waals surface area contributed by atoms with Gasteiger partial charge in [-0.3, -0.25) is 4.79 Å². The van der Waals surface area contributed by atoms with E-state index in [4.69, 9.17) is 5.11 Å². The molecule has 0 spiro atoms. The molecule has 1 rings (SSSR count). The van der Waals surface area contributed by atoms with E-state index in [2.05, 4.69) is 25.7 Å². The Hall–Kier alpha value is -2.16. The number of aliphatic carboxylic acids is 1. The van der Waals surface area contributed by atoms with Gasteiger partial charge in [-0.1, -0.05) is 55.5 Å². The summed E-state index contributed by atoms with van der Waals surface area (Å²) in [6.07, 6.45) is 12.6. The summed E-state index contributed by atoms with van der Waals surface area (Å²) < 4.78 is 0. The smallest absolute Gasteiger partial charge is 0.372 e. The van der Waals surface area contributed by atoms with E-state index >= 15 is 0 Å². The molecule has 0 unspecified atom stereocenters. The van der Waals surface area contributed by atoms with Crippen molar-refractivity contribution in [3.8, 4) is 0 Å². The summed E-state index contributed by atoms with van der Waals surface area (Å²) in [4.78, 5) is 21.6. The lowest BCUT2D eigenvalue weighted by molar-refractivity contribution is -0.148. The molecular weight excluding hydrogens is 252 g/mol. The van der Waals surface area contributed by atoms with Crippen LogP contribution in [0.25, 0.3) is 0 Å². The van der Waals surface area contributed by atoms with E-state index in [0.29, 0.717) is 5.92 Å². The van der Waals surface area contributed by atoms with Gasteiger partial charge in [-0.05, 0) is 30.4 Å². The van der Waals surface area contributed by atoms with Gasteiger partial charge in [0, 0.05) is 6.42 Å². The number of carboxylic acids is 1. The second-order valence-electron chi connectivity index (χ2n) is 5.00. The molecule has 0 radical (unpaired) electrons. The Morgan fingerprint density at radius 2 is 2.15 bits per heavy atom. The Bertz CT molecular complexity index is 530. The first kappa shape index (κ1) is 15.9. The van der Waals surface area contributed by atoms with Crippen LogP contribution in [-0.4, -0.2) is 16.9 Å². The Morgan fingerprint density at radius 3 is 2.70 bits per heavy atom. The van der Waals surface area contributed by atoms with Gasteiger partial charge in [-0.15, -0.1) is 0 Å². The Labute approximate surface area is 119 Å². The first-order valence-electron chi connectivity index (χ1n) is 6.57. The highest BCUT2D eigenvalue weighted by Crippen LogP contribution is 2.25.